The second-order valence-electron chi connectivity index (χ2n) is 12.8. The molecule has 0 bridgehead atoms. The third-order valence-electron chi connectivity index (χ3n) is 9.72. The first-order chi connectivity index (χ1) is 23.0. The Morgan fingerprint density at radius 2 is 1.09 bits per heavy atom. The molecule has 10 rings (SSSR count). The van der Waals surface area contributed by atoms with Gasteiger partial charge >= 0.3 is 0 Å². The number of furan rings is 2. The Hall–Kier alpha value is -6.07. The SMILES string of the molecule is CC1(C)c2ccccc2-c2ccc3c(oc4cc(-c5nc(-c6ccccc6)nc(-c6ccc7oc8ccccc8c7c6)n5)ccc43)c21. The van der Waals surface area contributed by atoms with Gasteiger partial charge in [0.2, 0.25) is 0 Å². The van der Waals surface area contributed by atoms with Crippen molar-refractivity contribution in [3.8, 4) is 45.3 Å². The fraction of sp³-hybridized carbons (Fsp3) is 0.0714. The van der Waals surface area contributed by atoms with Crippen molar-refractivity contribution in [1.82, 2.24) is 15.0 Å². The topological polar surface area (TPSA) is 65.0 Å². The monoisotopic (exact) mass is 605 g/mol. The Morgan fingerprint density at radius 1 is 0.447 bits per heavy atom. The van der Waals surface area contributed by atoms with Crippen molar-refractivity contribution >= 4 is 43.9 Å². The van der Waals surface area contributed by atoms with Crippen LogP contribution in [0.4, 0.5) is 0 Å². The van der Waals surface area contributed by atoms with Crippen LogP contribution in [0.5, 0.6) is 0 Å². The average molecular weight is 606 g/mol. The molecule has 1 aliphatic carbocycles. The second-order valence-corrected chi connectivity index (χ2v) is 12.8. The molecule has 0 spiro atoms. The molecule has 5 nitrogen and oxygen atoms in total. The quantitative estimate of drug-likeness (QED) is 0.200. The summed E-state index contributed by atoms with van der Waals surface area (Å²) < 4.78 is 12.8. The van der Waals surface area contributed by atoms with Crippen molar-refractivity contribution in [2.45, 2.75) is 19.3 Å². The highest BCUT2D eigenvalue weighted by molar-refractivity contribution is 6.10. The predicted octanol–water partition coefficient (Wildman–Crippen LogP) is 11.0. The number of rotatable bonds is 3. The molecule has 0 saturated heterocycles. The van der Waals surface area contributed by atoms with Gasteiger partial charge in [-0.25, -0.2) is 15.0 Å². The van der Waals surface area contributed by atoms with Crippen molar-refractivity contribution in [2.24, 2.45) is 0 Å². The van der Waals surface area contributed by atoms with Crippen molar-refractivity contribution < 1.29 is 8.83 Å². The van der Waals surface area contributed by atoms with Crippen LogP contribution in [0.1, 0.15) is 25.0 Å². The minimum absolute atomic E-state index is 0.169. The molecular formula is C42H27N3O2. The van der Waals surface area contributed by atoms with Gasteiger partial charge in [0.1, 0.15) is 22.3 Å². The molecule has 0 N–H and O–H groups in total. The van der Waals surface area contributed by atoms with Crippen LogP contribution in [0, 0.1) is 0 Å². The van der Waals surface area contributed by atoms with E-state index in [9.17, 15) is 0 Å². The summed E-state index contributed by atoms with van der Waals surface area (Å²) in [5.41, 5.74) is 11.1. The van der Waals surface area contributed by atoms with Gasteiger partial charge in [0, 0.05) is 49.2 Å². The van der Waals surface area contributed by atoms with Crippen LogP contribution in [0.15, 0.2) is 136 Å². The van der Waals surface area contributed by atoms with Crippen LogP contribution in [-0.4, -0.2) is 15.0 Å². The number of para-hydroxylation sites is 1. The Labute approximate surface area is 270 Å². The largest absolute Gasteiger partial charge is 0.456 e. The minimum atomic E-state index is -0.169. The summed E-state index contributed by atoms with van der Waals surface area (Å²) in [6, 6.07) is 43.7. The van der Waals surface area contributed by atoms with E-state index in [1.807, 2.05) is 60.7 Å². The van der Waals surface area contributed by atoms with Gasteiger partial charge < -0.3 is 8.83 Å². The molecule has 0 radical (unpaired) electrons. The molecule has 9 aromatic rings. The van der Waals surface area contributed by atoms with Crippen LogP contribution < -0.4 is 0 Å². The molecule has 1 aliphatic rings. The van der Waals surface area contributed by atoms with Crippen LogP contribution in [0.25, 0.3) is 89.2 Å². The van der Waals surface area contributed by atoms with E-state index < -0.39 is 0 Å². The lowest BCUT2D eigenvalue weighted by Gasteiger charge is -2.21. The number of nitrogens with zero attached hydrogens (tertiary/aromatic N) is 3. The fourth-order valence-corrected chi connectivity index (χ4v) is 7.44. The summed E-state index contributed by atoms with van der Waals surface area (Å²) in [4.78, 5) is 15.0. The first-order valence-corrected chi connectivity index (χ1v) is 15.9. The number of hydrogen-bond donors (Lipinski definition) is 0. The van der Waals surface area contributed by atoms with Crippen LogP contribution in [0.3, 0.4) is 0 Å². The molecule has 0 amide bonds. The Kier molecular flexibility index (Phi) is 5.28. The van der Waals surface area contributed by atoms with Crippen LogP contribution in [0.2, 0.25) is 0 Å². The number of fused-ring (bicyclic) bond motifs is 10. The first kappa shape index (κ1) is 26.2. The summed E-state index contributed by atoms with van der Waals surface area (Å²) >= 11 is 0. The lowest BCUT2D eigenvalue weighted by molar-refractivity contribution is 0.620. The van der Waals surface area contributed by atoms with Gasteiger partial charge in [-0.15, -0.1) is 0 Å². The Balaban J connectivity index is 1.16. The predicted molar refractivity (Wildman–Crippen MR) is 188 cm³/mol. The summed E-state index contributed by atoms with van der Waals surface area (Å²) in [6.07, 6.45) is 0. The zero-order valence-corrected chi connectivity index (χ0v) is 25.8. The van der Waals surface area contributed by atoms with E-state index >= 15 is 0 Å². The molecule has 222 valence electrons. The second kappa shape index (κ2) is 9.47. The Morgan fingerprint density at radius 3 is 1.94 bits per heavy atom. The van der Waals surface area contributed by atoms with E-state index in [-0.39, 0.29) is 5.41 Å². The van der Waals surface area contributed by atoms with Gasteiger partial charge in [-0.3, -0.25) is 0 Å². The zero-order chi connectivity index (χ0) is 31.3. The summed E-state index contributed by atoms with van der Waals surface area (Å²) in [6.45, 7) is 4.58. The van der Waals surface area contributed by atoms with Crippen molar-refractivity contribution in [3.63, 3.8) is 0 Å². The summed E-state index contributed by atoms with van der Waals surface area (Å²) in [5.74, 6) is 1.80. The van der Waals surface area contributed by atoms with Crippen LogP contribution in [-0.2, 0) is 5.41 Å². The molecule has 3 aromatic heterocycles. The molecule has 3 heterocycles. The molecule has 5 heteroatoms. The van der Waals surface area contributed by atoms with E-state index in [0.29, 0.717) is 17.5 Å². The number of benzene rings is 6. The zero-order valence-electron chi connectivity index (χ0n) is 25.8. The van der Waals surface area contributed by atoms with Crippen molar-refractivity contribution in [3.05, 3.63) is 139 Å². The lowest BCUT2D eigenvalue weighted by atomic mass is 9.82. The highest BCUT2D eigenvalue weighted by atomic mass is 16.3. The fourth-order valence-electron chi connectivity index (χ4n) is 7.44. The number of hydrogen-bond acceptors (Lipinski definition) is 5. The summed E-state index contributed by atoms with van der Waals surface area (Å²) in [7, 11) is 0. The van der Waals surface area contributed by atoms with Gasteiger partial charge in [0.05, 0.1) is 0 Å². The van der Waals surface area contributed by atoms with E-state index in [2.05, 4.69) is 80.6 Å². The maximum Gasteiger partial charge on any atom is 0.164 e. The highest BCUT2D eigenvalue weighted by Crippen LogP contribution is 2.52. The molecule has 0 saturated carbocycles. The highest BCUT2D eigenvalue weighted by Gasteiger charge is 2.38. The van der Waals surface area contributed by atoms with E-state index in [1.54, 1.807) is 0 Å². The molecule has 6 aromatic carbocycles. The number of aromatic nitrogens is 3. The van der Waals surface area contributed by atoms with Crippen LogP contribution >= 0.6 is 0 Å². The van der Waals surface area contributed by atoms with Crippen molar-refractivity contribution in [2.75, 3.05) is 0 Å². The average Bonchev–Trinajstić information content (AvgIpc) is 3.75. The Bertz CT molecular complexity index is 2720. The van der Waals surface area contributed by atoms with Gasteiger partial charge in [-0.05, 0) is 59.2 Å². The maximum atomic E-state index is 6.75. The summed E-state index contributed by atoms with van der Waals surface area (Å²) in [5, 5.41) is 4.29. The standard InChI is InChI=1S/C42H27N3O2/c1-42(2)33-14-8-6-12-27(33)30-19-20-31-29-18-16-26(23-36(29)47-38(31)37(30)42)41-44-39(24-10-4-3-5-11-24)43-40(45-41)25-17-21-35-32(22-25)28-13-7-9-15-34(28)46-35/h3-23H,1-2H3. The smallest absolute Gasteiger partial charge is 0.164 e. The third kappa shape index (κ3) is 3.80. The maximum absolute atomic E-state index is 6.75. The van der Waals surface area contributed by atoms with E-state index in [4.69, 9.17) is 23.8 Å². The van der Waals surface area contributed by atoms with E-state index in [0.717, 1.165) is 60.6 Å². The normalized spacial score (nSPS) is 13.5. The minimum Gasteiger partial charge on any atom is -0.456 e. The van der Waals surface area contributed by atoms with Crippen molar-refractivity contribution in [1.29, 1.82) is 0 Å². The molecular weight excluding hydrogens is 578 g/mol. The van der Waals surface area contributed by atoms with Gasteiger partial charge in [-0.1, -0.05) is 98.8 Å². The first-order valence-electron chi connectivity index (χ1n) is 15.9. The van der Waals surface area contributed by atoms with Gasteiger partial charge in [-0.2, -0.15) is 0 Å². The van der Waals surface area contributed by atoms with Gasteiger partial charge in [0.25, 0.3) is 0 Å². The molecule has 0 atom stereocenters. The molecule has 47 heavy (non-hydrogen) atoms. The van der Waals surface area contributed by atoms with E-state index in [1.165, 1.54) is 22.3 Å². The molecule has 0 fully saturated rings. The third-order valence-corrected chi connectivity index (χ3v) is 9.72. The van der Waals surface area contributed by atoms with Gasteiger partial charge in [0.15, 0.2) is 17.5 Å². The lowest BCUT2D eigenvalue weighted by Crippen LogP contribution is -2.15. The molecule has 0 aliphatic heterocycles. The molecule has 0 unspecified atom stereocenters.